The number of nitro groups is 1. The number of hydrogen-bond acceptors (Lipinski definition) is 8. The minimum Gasteiger partial charge on any atom is -0.505 e. The molecular formula is C23H18N4O6. The van der Waals surface area contributed by atoms with Crippen molar-refractivity contribution < 1.29 is 24.7 Å². The number of hydrogen-bond donors (Lipinski definition) is 3. The molecule has 0 radical (unpaired) electrons. The highest BCUT2D eigenvalue weighted by Crippen LogP contribution is 2.41. The van der Waals surface area contributed by atoms with Gasteiger partial charge in [0.25, 0.3) is 5.69 Å². The molecular weight excluding hydrogens is 428 g/mol. The number of fused-ring (bicyclic) bond motifs is 1. The molecule has 0 saturated heterocycles. The summed E-state index contributed by atoms with van der Waals surface area (Å²) in [5, 5.41) is 41.1. The van der Waals surface area contributed by atoms with E-state index in [2.05, 4.69) is 15.2 Å². The largest absolute Gasteiger partial charge is 0.505 e. The molecule has 10 nitrogen and oxygen atoms in total. The molecule has 0 saturated carbocycles. The van der Waals surface area contributed by atoms with E-state index in [1.54, 1.807) is 13.0 Å². The Bertz CT molecular complexity index is 1410. The molecule has 4 rings (SSSR count). The van der Waals surface area contributed by atoms with Gasteiger partial charge in [-0.05, 0) is 35.4 Å². The fraction of sp³-hybridized carbons (Fsp3) is 0.0870. The lowest BCUT2D eigenvalue weighted by molar-refractivity contribution is -0.384. The van der Waals surface area contributed by atoms with Gasteiger partial charge >= 0.3 is 5.97 Å². The van der Waals surface area contributed by atoms with Crippen LogP contribution in [0, 0.1) is 10.1 Å². The summed E-state index contributed by atoms with van der Waals surface area (Å²) in [7, 11) is 0. The maximum absolute atomic E-state index is 12.8. The van der Waals surface area contributed by atoms with E-state index < -0.39 is 22.5 Å². The summed E-state index contributed by atoms with van der Waals surface area (Å²) < 4.78 is 5.15. The van der Waals surface area contributed by atoms with E-state index in [1.165, 1.54) is 6.07 Å². The average Bonchev–Trinajstić information content (AvgIpc) is 3.14. The minimum absolute atomic E-state index is 0.0326. The Kier molecular flexibility index (Phi) is 5.73. The zero-order chi connectivity index (χ0) is 23.5. The summed E-state index contributed by atoms with van der Waals surface area (Å²) in [6.07, 6.45) is 0. The van der Waals surface area contributed by atoms with Crippen molar-refractivity contribution in [2.24, 2.45) is 10.2 Å². The van der Waals surface area contributed by atoms with E-state index in [9.17, 15) is 25.1 Å². The lowest BCUT2D eigenvalue weighted by Crippen LogP contribution is -2.05. The minimum atomic E-state index is -0.723. The molecule has 0 aliphatic rings. The van der Waals surface area contributed by atoms with Gasteiger partial charge < -0.3 is 19.9 Å². The maximum Gasteiger partial charge on any atom is 0.342 e. The second kappa shape index (κ2) is 8.79. The number of aromatic hydroxyl groups is 2. The van der Waals surface area contributed by atoms with Crippen molar-refractivity contribution in [2.75, 3.05) is 6.61 Å². The second-order valence-electron chi connectivity index (χ2n) is 6.98. The van der Waals surface area contributed by atoms with Crippen LogP contribution < -0.4 is 0 Å². The van der Waals surface area contributed by atoms with Gasteiger partial charge in [-0.1, -0.05) is 36.4 Å². The van der Waals surface area contributed by atoms with Crippen molar-refractivity contribution in [3.63, 3.8) is 0 Å². The number of aromatic nitrogens is 1. The fourth-order valence-electron chi connectivity index (χ4n) is 3.35. The zero-order valence-corrected chi connectivity index (χ0v) is 17.3. The highest BCUT2D eigenvalue weighted by atomic mass is 16.6. The summed E-state index contributed by atoms with van der Waals surface area (Å²) in [5.41, 5.74) is 0.291. The van der Waals surface area contributed by atoms with Crippen LogP contribution >= 0.6 is 0 Å². The first-order valence-electron chi connectivity index (χ1n) is 9.89. The number of phenolic OH excluding ortho intramolecular Hbond substituents is 1. The van der Waals surface area contributed by atoms with Gasteiger partial charge in [-0.15, -0.1) is 10.2 Å². The van der Waals surface area contributed by atoms with Gasteiger partial charge in [-0.3, -0.25) is 10.1 Å². The molecule has 4 aromatic rings. The van der Waals surface area contributed by atoms with Crippen LogP contribution in [0.15, 0.2) is 70.9 Å². The Morgan fingerprint density at radius 3 is 2.52 bits per heavy atom. The molecule has 10 heteroatoms. The predicted molar refractivity (Wildman–Crippen MR) is 120 cm³/mol. The molecule has 0 aliphatic carbocycles. The molecule has 0 atom stereocenters. The summed E-state index contributed by atoms with van der Waals surface area (Å²) in [6.45, 7) is 1.75. The summed E-state index contributed by atoms with van der Waals surface area (Å²) in [5.74, 6) is -1.62. The normalized spacial score (nSPS) is 11.2. The number of benzene rings is 3. The molecule has 1 heterocycles. The number of esters is 1. The quantitative estimate of drug-likeness (QED) is 0.149. The van der Waals surface area contributed by atoms with Crippen LogP contribution in [-0.2, 0) is 4.74 Å². The van der Waals surface area contributed by atoms with Gasteiger partial charge in [0, 0.05) is 6.07 Å². The maximum atomic E-state index is 12.8. The molecule has 0 spiro atoms. The van der Waals surface area contributed by atoms with Crippen LogP contribution in [0.5, 0.6) is 11.6 Å². The highest BCUT2D eigenvalue weighted by Gasteiger charge is 2.26. The number of ether oxygens (including phenoxy) is 1. The van der Waals surface area contributed by atoms with Crippen LogP contribution in [0.2, 0.25) is 0 Å². The molecule has 1 aromatic heterocycles. The Labute approximate surface area is 186 Å². The number of nitrogens with one attached hydrogen (secondary N) is 1. The van der Waals surface area contributed by atoms with Crippen molar-refractivity contribution >= 4 is 33.8 Å². The van der Waals surface area contributed by atoms with Crippen LogP contribution in [-0.4, -0.2) is 32.7 Å². The number of aromatic amines is 1. The number of nitro benzene ring substituents is 1. The summed E-state index contributed by atoms with van der Waals surface area (Å²) >= 11 is 0. The number of phenols is 1. The van der Waals surface area contributed by atoms with Gasteiger partial charge in [0.1, 0.15) is 17.0 Å². The van der Waals surface area contributed by atoms with E-state index in [4.69, 9.17) is 4.74 Å². The molecule has 3 N–H and O–H groups in total. The SMILES string of the molecule is CCOC(=O)c1c(-c2ccc3ccccc3c2)[nH]c(O)c1N=Nc1ccc([N+](=O)[O-])cc1O. The van der Waals surface area contributed by atoms with Crippen molar-refractivity contribution in [3.05, 3.63) is 76.3 Å². The molecule has 33 heavy (non-hydrogen) atoms. The molecule has 0 aliphatic heterocycles. The van der Waals surface area contributed by atoms with E-state index >= 15 is 0 Å². The fourth-order valence-corrected chi connectivity index (χ4v) is 3.35. The summed E-state index contributed by atoms with van der Waals surface area (Å²) in [4.78, 5) is 25.7. The van der Waals surface area contributed by atoms with Crippen LogP contribution in [0.1, 0.15) is 17.3 Å². The van der Waals surface area contributed by atoms with Gasteiger partial charge in [0.05, 0.1) is 23.3 Å². The molecule has 0 amide bonds. The number of carbonyl (C=O) groups is 1. The van der Waals surface area contributed by atoms with Crippen molar-refractivity contribution in [1.82, 2.24) is 4.98 Å². The van der Waals surface area contributed by atoms with Gasteiger partial charge in [0.15, 0.2) is 5.69 Å². The third-order valence-corrected chi connectivity index (χ3v) is 4.90. The van der Waals surface area contributed by atoms with Crippen LogP contribution in [0.3, 0.4) is 0 Å². The topological polar surface area (TPSA) is 150 Å². The first kappa shape index (κ1) is 21.5. The Balaban J connectivity index is 1.81. The zero-order valence-electron chi connectivity index (χ0n) is 17.3. The van der Waals surface area contributed by atoms with Crippen molar-refractivity contribution in [3.8, 4) is 22.9 Å². The lowest BCUT2D eigenvalue weighted by Gasteiger charge is -2.06. The number of nitrogens with zero attached hydrogens (tertiary/aromatic N) is 3. The molecule has 0 bridgehead atoms. The monoisotopic (exact) mass is 446 g/mol. The highest BCUT2D eigenvalue weighted by molar-refractivity contribution is 6.04. The third kappa shape index (κ3) is 4.22. The van der Waals surface area contributed by atoms with E-state index in [0.717, 1.165) is 22.9 Å². The first-order chi connectivity index (χ1) is 15.9. The van der Waals surface area contributed by atoms with Crippen molar-refractivity contribution in [1.29, 1.82) is 0 Å². The lowest BCUT2D eigenvalue weighted by atomic mass is 10.0. The molecule has 0 unspecified atom stereocenters. The number of carbonyl (C=O) groups excluding carboxylic acids is 1. The second-order valence-corrected chi connectivity index (χ2v) is 6.98. The number of H-pyrrole nitrogens is 1. The average molecular weight is 446 g/mol. The van der Waals surface area contributed by atoms with Gasteiger partial charge in [-0.2, -0.15) is 0 Å². The Hall–Kier alpha value is -4.73. The van der Waals surface area contributed by atoms with E-state index in [1.807, 2.05) is 36.4 Å². The smallest absolute Gasteiger partial charge is 0.342 e. The third-order valence-electron chi connectivity index (χ3n) is 4.90. The molecule has 3 aromatic carbocycles. The standard InChI is InChI=1S/C23H18N4O6/c1-2-33-23(30)19-20(15-8-7-13-5-3-4-6-14(13)11-15)24-22(29)21(19)26-25-17-10-9-16(27(31)32)12-18(17)28/h3-12,24,28-29H,2H2,1H3. The van der Waals surface area contributed by atoms with Crippen LogP contribution in [0.25, 0.3) is 22.0 Å². The Morgan fingerprint density at radius 2 is 1.82 bits per heavy atom. The van der Waals surface area contributed by atoms with E-state index in [-0.39, 0.29) is 29.2 Å². The number of non-ortho nitro benzene ring substituents is 1. The number of azo groups is 1. The predicted octanol–water partition coefficient (Wildman–Crippen LogP) is 5.75. The summed E-state index contributed by atoms with van der Waals surface area (Å²) in [6, 6.07) is 16.5. The Morgan fingerprint density at radius 1 is 1.06 bits per heavy atom. The molecule has 166 valence electrons. The van der Waals surface area contributed by atoms with Gasteiger partial charge in [-0.25, -0.2) is 4.79 Å². The number of rotatable bonds is 6. The van der Waals surface area contributed by atoms with E-state index in [0.29, 0.717) is 11.3 Å². The van der Waals surface area contributed by atoms with Crippen LogP contribution in [0.4, 0.5) is 17.1 Å². The van der Waals surface area contributed by atoms with Gasteiger partial charge in [0.2, 0.25) is 5.88 Å². The molecule has 0 fully saturated rings. The first-order valence-corrected chi connectivity index (χ1v) is 9.89. The van der Waals surface area contributed by atoms with Crippen molar-refractivity contribution in [2.45, 2.75) is 6.92 Å².